The van der Waals surface area contributed by atoms with Gasteiger partial charge in [0.15, 0.2) is 0 Å². The van der Waals surface area contributed by atoms with E-state index in [0.717, 1.165) is 11.8 Å². The first kappa shape index (κ1) is 18.7. The molecule has 1 fully saturated rings. The Labute approximate surface area is 153 Å². The highest BCUT2D eigenvalue weighted by atomic mass is 32.2. The molecule has 5 nitrogen and oxygen atoms in total. The van der Waals surface area contributed by atoms with Gasteiger partial charge in [-0.3, -0.25) is 4.72 Å². The van der Waals surface area contributed by atoms with Crippen LogP contribution in [0.25, 0.3) is 0 Å². The van der Waals surface area contributed by atoms with Crippen molar-refractivity contribution in [1.29, 1.82) is 0 Å². The van der Waals surface area contributed by atoms with Crippen LogP contribution in [0.4, 0.5) is 15.8 Å². The lowest BCUT2D eigenvalue weighted by Crippen LogP contribution is -2.45. The van der Waals surface area contributed by atoms with Crippen LogP contribution in [0.2, 0.25) is 0 Å². The van der Waals surface area contributed by atoms with Crippen LogP contribution in [0.3, 0.4) is 0 Å². The first-order valence-electron chi connectivity index (χ1n) is 8.54. The van der Waals surface area contributed by atoms with E-state index in [-0.39, 0.29) is 17.1 Å². The summed E-state index contributed by atoms with van der Waals surface area (Å²) in [5.74, 6) is -0.544. The lowest BCUT2D eigenvalue weighted by Gasteiger charge is -2.37. The Balaban J connectivity index is 1.91. The molecule has 2 unspecified atom stereocenters. The average molecular weight is 378 g/mol. The third kappa shape index (κ3) is 3.99. The minimum Gasteiger partial charge on any atom is -0.372 e. The molecule has 2 atom stereocenters. The molecule has 3 rings (SSSR count). The molecule has 1 aliphatic rings. The molecule has 0 radical (unpaired) electrons. The normalized spacial score (nSPS) is 20.8. The van der Waals surface area contributed by atoms with Crippen LogP contribution in [-0.4, -0.2) is 33.7 Å². The van der Waals surface area contributed by atoms with E-state index in [2.05, 4.69) is 9.62 Å². The number of para-hydroxylation sites is 2. The van der Waals surface area contributed by atoms with Gasteiger partial charge in [-0.1, -0.05) is 18.2 Å². The van der Waals surface area contributed by atoms with Gasteiger partial charge in [0.05, 0.1) is 28.5 Å². The summed E-state index contributed by atoms with van der Waals surface area (Å²) in [5, 5.41) is 0. The largest absolute Gasteiger partial charge is 0.372 e. The van der Waals surface area contributed by atoms with Crippen molar-refractivity contribution < 1.29 is 17.5 Å². The summed E-state index contributed by atoms with van der Waals surface area (Å²) in [6.07, 6.45) is 0.101. The maximum atomic E-state index is 13.8. The summed E-state index contributed by atoms with van der Waals surface area (Å²) in [7, 11) is -3.89. The fraction of sp³-hybridized carbons (Fsp3) is 0.368. The SMILES string of the molecule is Cc1ccc(S(=O)(=O)Nc2ccccc2N2CC(C)OC(C)C2)cc1F. The summed E-state index contributed by atoms with van der Waals surface area (Å²) in [5.41, 5.74) is 1.65. The second-order valence-electron chi connectivity index (χ2n) is 6.70. The molecular formula is C19H23FN2O3S. The number of benzene rings is 2. The van der Waals surface area contributed by atoms with Crippen molar-refractivity contribution >= 4 is 21.4 Å². The Morgan fingerprint density at radius 2 is 1.77 bits per heavy atom. The third-order valence-corrected chi connectivity index (χ3v) is 5.73. The standard InChI is InChI=1S/C19H23FN2O3S/c1-13-8-9-16(10-17(13)20)26(23,24)21-18-6-4-5-7-19(18)22-11-14(2)25-15(3)12-22/h4-10,14-15,21H,11-12H2,1-3H3. The number of hydrogen-bond donors (Lipinski definition) is 1. The van der Waals surface area contributed by atoms with Crippen molar-refractivity contribution in [2.75, 3.05) is 22.7 Å². The van der Waals surface area contributed by atoms with Crippen molar-refractivity contribution in [3.05, 3.63) is 53.8 Å². The van der Waals surface area contributed by atoms with Crippen molar-refractivity contribution in [3.8, 4) is 0 Å². The van der Waals surface area contributed by atoms with Gasteiger partial charge in [-0.15, -0.1) is 0 Å². The number of anilines is 2. The highest BCUT2D eigenvalue weighted by molar-refractivity contribution is 7.92. The maximum absolute atomic E-state index is 13.8. The van der Waals surface area contributed by atoms with Gasteiger partial charge >= 0.3 is 0 Å². The number of ether oxygens (including phenoxy) is 1. The second kappa shape index (κ2) is 7.25. The number of morpholine rings is 1. The Morgan fingerprint density at radius 3 is 2.42 bits per heavy atom. The van der Waals surface area contributed by atoms with Gasteiger partial charge in [-0.25, -0.2) is 12.8 Å². The number of hydrogen-bond acceptors (Lipinski definition) is 4. The van der Waals surface area contributed by atoms with Crippen molar-refractivity contribution in [2.45, 2.75) is 37.9 Å². The van der Waals surface area contributed by atoms with E-state index in [1.807, 2.05) is 26.0 Å². The smallest absolute Gasteiger partial charge is 0.262 e. The highest BCUT2D eigenvalue weighted by Gasteiger charge is 2.25. The number of sulfonamides is 1. The second-order valence-corrected chi connectivity index (χ2v) is 8.38. The molecule has 0 spiro atoms. The number of halogens is 1. The Hall–Kier alpha value is -2.12. The molecule has 1 saturated heterocycles. The number of aryl methyl sites for hydroxylation is 1. The predicted octanol–water partition coefficient (Wildman–Crippen LogP) is 3.55. The van der Waals surface area contributed by atoms with Crippen molar-refractivity contribution in [2.24, 2.45) is 0 Å². The molecular weight excluding hydrogens is 355 g/mol. The van der Waals surface area contributed by atoms with Crippen LogP contribution in [-0.2, 0) is 14.8 Å². The van der Waals surface area contributed by atoms with E-state index in [1.54, 1.807) is 19.1 Å². The summed E-state index contributed by atoms with van der Waals surface area (Å²) in [4.78, 5) is 2.01. The highest BCUT2D eigenvalue weighted by Crippen LogP contribution is 2.30. The molecule has 0 saturated carbocycles. The minimum absolute atomic E-state index is 0.0506. The zero-order valence-electron chi connectivity index (χ0n) is 15.1. The van der Waals surface area contributed by atoms with Gasteiger partial charge in [0, 0.05) is 13.1 Å². The van der Waals surface area contributed by atoms with E-state index in [4.69, 9.17) is 4.74 Å². The van der Waals surface area contributed by atoms with Crippen LogP contribution >= 0.6 is 0 Å². The molecule has 7 heteroatoms. The minimum atomic E-state index is -3.89. The average Bonchev–Trinajstić information content (AvgIpc) is 2.56. The van der Waals surface area contributed by atoms with Gasteiger partial charge in [0.1, 0.15) is 5.82 Å². The Morgan fingerprint density at radius 1 is 1.12 bits per heavy atom. The molecule has 0 bridgehead atoms. The van der Waals surface area contributed by atoms with Crippen LogP contribution in [0.1, 0.15) is 19.4 Å². The summed E-state index contributed by atoms with van der Waals surface area (Å²) < 4.78 is 47.6. The molecule has 1 heterocycles. The van der Waals surface area contributed by atoms with Crippen LogP contribution < -0.4 is 9.62 Å². The molecule has 2 aromatic rings. The lowest BCUT2D eigenvalue weighted by atomic mass is 10.2. The van der Waals surface area contributed by atoms with Gasteiger partial charge < -0.3 is 9.64 Å². The van der Waals surface area contributed by atoms with E-state index < -0.39 is 15.8 Å². The molecule has 0 aromatic heterocycles. The van der Waals surface area contributed by atoms with Crippen LogP contribution in [0.5, 0.6) is 0 Å². The van der Waals surface area contributed by atoms with Gasteiger partial charge in [-0.2, -0.15) is 0 Å². The summed E-state index contributed by atoms with van der Waals surface area (Å²) in [6.45, 7) is 6.91. The zero-order valence-corrected chi connectivity index (χ0v) is 15.9. The summed E-state index contributed by atoms with van der Waals surface area (Å²) in [6, 6.07) is 11.1. The van der Waals surface area contributed by atoms with E-state index in [1.165, 1.54) is 12.1 Å². The lowest BCUT2D eigenvalue weighted by molar-refractivity contribution is -0.00517. The van der Waals surface area contributed by atoms with Gasteiger partial charge in [-0.05, 0) is 50.6 Å². The number of nitrogens with zero attached hydrogens (tertiary/aromatic N) is 1. The van der Waals surface area contributed by atoms with Crippen LogP contribution in [0.15, 0.2) is 47.4 Å². The molecule has 0 aliphatic carbocycles. The molecule has 0 amide bonds. The van der Waals surface area contributed by atoms with E-state index in [9.17, 15) is 12.8 Å². The first-order chi connectivity index (χ1) is 12.3. The molecule has 1 N–H and O–H groups in total. The molecule has 1 aliphatic heterocycles. The molecule has 140 valence electrons. The monoisotopic (exact) mass is 378 g/mol. The fourth-order valence-electron chi connectivity index (χ4n) is 3.15. The maximum Gasteiger partial charge on any atom is 0.262 e. The third-order valence-electron chi connectivity index (χ3n) is 4.36. The Kier molecular flexibility index (Phi) is 5.20. The van der Waals surface area contributed by atoms with E-state index >= 15 is 0 Å². The zero-order chi connectivity index (χ0) is 18.9. The topological polar surface area (TPSA) is 58.6 Å². The summed E-state index contributed by atoms with van der Waals surface area (Å²) >= 11 is 0. The number of rotatable bonds is 4. The number of nitrogens with one attached hydrogen (secondary N) is 1. The van der Waals surface area contributed by atoms with Crippen molar-refractivity contribution in [3.63, 3.8) is 0 Å². The van der Waals surface area contributed by atoms with Gasteiger partial charge in [0.2, 0.25) is 0 Å². The molecule has 2 aromatic carbocycles. The van der Waals surface area contributed by atoms with E-state index in [0.29, 0.717) is 24.3 Å². The fourth-order valence-corrected chi connectivity index (χ4v) is 4.24. The molecule has 26 heavy (non-hydrogen) atoms. The van der Waals surface area contributed by atoms with Crippen LogP contribution in [0, 0.1) is 12.7 Å². The van der Waals surface area contributed by atoms with Crippen molar-refractivity contribution in [1.82, 2.24) is 0 Å². The predicted molar refractivity (Wildman–Crippen MR) is 101 cm³/mol. The Bertz CT molecular complexity index is 891. The first-order valence-corrected chi connectivity index (χ1v) is 10.0. The van der Waals surface area contributed by atoms with Gasteiger partial charge in [0.25, 0.3) is 10.0 Å². The quantitative estimate of drug-likeness (QED) is 0.884.